The Balaban J connectivity index is 1.33. The Morgan fingerprint density at radius 1 is 0.879 bits per heavy atom. The Labute approximate surface area is 190 Å². The molecule has 0 saturated heterocycles. The fourth-order valence-electron chi connectivity index (χ4n) is 4.00. The number of carbonyl (C=O) groups is 2. The summed E-state index contributed by atoms with van der Waals surface area (Å²) in [5.41, 5.74) is 3.35. The van der Waals surface area contributed by atoms with Gasteiger partial charge < -0.3 is 14.6 Å². The summed E-state index contributed by atoms with van der Waals surface area (Å²) in [6.07, 6.45) is 0.584. The first kappa shape index (κ1) is 20.7. The monoisotopic (exact) mass is 440 g/mol. The van der Waals surface area contributed by atoms with Gasteiger partial charge in [0.2, 0.25) is 0 Å². The summed E-state index contributed by atoms with van der Waals surface area (Å²) >= 11 is 0. The number of hydrogen-bond acceptors (Lipinski definition) is 3. The van der Waals surface area contributed by atoms with Gasteiger partial charge in [-0.25, -0.2) is 4.39 Å². The number of furan rings is 1. The lowest BCUT2D eigenvalue weighted by atomic mass is 10.1. The first-order valence-electron chi connectivity index (χ1n) is 10.7. The third-order valence-electron chi connectivity index (χ3n) is 5.67. The van der Waals surface area contributed by atoms with Crippen LogP contribution in [0.1, 0.15) is 32.0 Å². The van der Waals surface area contributed by atoms with Crippen LogP contribution in [0, 0.1) is 5.82 Å². The minimum absolute atomic E-state index is 0.182. The zero-order valence-electron chi connectivity index (χ0n) is 17.8. The van der Waals surface area contributed by atoms with Gasteiger partial charge in [-0.15, -0.1) is 0 Å². The third kappa shape index (κ3) is 4.41. The summed E-state index contributed by atoms with van der Waals surface area (Å²) in [7, 11) is 0. The highest BCUT2D eigenvalue weighted by atomic mass is 19.1. The van der Waals surface area contributed by atoms with Gasteiger partial charge in [-0.2, -0.15) is 0 Å². The van der Waals surface area contributed by atoms with Crippen molar-refractivity contribution in [2.45, 2.75) is 13.0 Å². The maximum Gasteiger partial charge on any atom is 0.255 e. The van der Waals surface area contributed by atoms with Crippen molar-refractivity contribution in [3.63, 3.8) is 0 Å². The number of anilines is 1. The van der Waals surface area contributed by atoms with Crippen molar-refractivity contribution in [2.75, 3.05) is 11.9 Å². The van der Waals surface area contributed by atoms with E-state index in [0.29, 0.717) is 42.1 Å². The van der Waals surface area contributed by atoms with Gasteiger partial charge in [-0.3, -0.25) is 9.59 Å². The van der Waals surface area contributed by atoms with Crippen LogP contribution in [0.15, 0.2) is 89.3 Å². The van der Waals surface area contributed by atoms with Crippen molar-refractivity contribution in [3.8, 4) is 11.3 Å². The molecule has 6 heteroatoms. The van der Waals surface area contributed by atoms with E-state index in [2.05, 4.69) is 5.32 Å². The van der Waals surface area contributed by atoms with Crippen LogP contribution in [-0.2, 0) is 13.0 Å². The number of nitrogens with one attached hydrogen (secondary N) is 1. The molecule has 1 aliphatic rings. The largest absolute Gasteiger partial charge is 0.461 e. The Morgan fingerprint density at radius 3 is 2.48 bits per heavy atom. The first-order chi connectivity index (χ1) is 16.1. The number of nitrogens with zero attached hydrogens (tertiary/aromatic N) is 1. The van der Waals surface area contributed by atoms with Crippen LogP contribution >= 0.6 is 0 Å². The van der Waals surface area contributed by atoms with E-state index in [9.17, 15) is 14.0 Å². The van der Waals surface area contributed by atoms with Crippen LogP contribution in [0.5, 0.6) is 0 Å². The zero-order valence-corrected chi connectivity index (χ0v) is 17.8. The second-order valence-electron chi connectivity index (χ2n) is 7.95. The minimum atomic E-state index is -0.427. The van der Waals surface area contributed by atoms with Gasteiger partial charge in [0.15, 0.2) is 0 Å². The molecule has 0 radical (unpaired) electrons. The van der Waals surface area contributed by atoms with Crippen molar-refractivity contribution in [1.29, 1.82) is 0 Å². The molecule has 0 spiro atoms. The number of benzene rings is 3. The molecule has 0 unspecified atom stereocenters. The van der Waals surface area contributed by atoms with E-state index in [1.807, 2.05) is 48.5 Å². The van der Waals surface area contributed by atoms with E-state index in [1.54, 1.807) is 23.1 Å². The summed E-state index contributed by atoms with van der Waals surface area (Å²) < 4.78 is 19.6. The topological polar surface area (TPSA) is 62.6 Å². The average Bonchev–Trinajstić information content (AvgIpc) is 3.28. The van der Waals surface area contributed by atoms with E-state index in [4.69, 9.17) is 4.42 Å². The molecule has 1 aromatic heterocycles. The van der Waals surface area contributed by atoms with Crippen LogP contribution in [0.2, 0.25) is 0 Å². The molecule has 0 fully saturated rings. The lowest BCUT2D eigenvalue weighted by Crippen LogP contribution is -2.35. The van der Waals surface area contributed by atoms with E-state index >= 15 is 0 Å². The standard InChI is InChI=1S/C27H21FN2O3/c28-22-10-4-9-20(14-22)27(32)30-13-12-24-21(17-30)16-25(33-24)19-8-5-11-23(15-19)29-26(31)18-6-2-1-3-7-18/h1-11,14-16H,12-13,17H2,(H,29,31). The highest BCUT2D eigenvalue weighted by Gasteiger charge is 2.25. The van der Waals surface area contributed by atoms with Crippen molar-refractivity contribution < 1.29 is 18.4 Å². The Bertz CT molecular complexity index is 1330. The zero-order chi connectivity index (χ0) is 22.8. The third-order valence-corrected chi connectivity index (χ3v) is 5.67. The predicted octanol–water partition coefficient (Wildman–Crippen LogP) is 5.54. The lowest BCUT2D eigenvalue weighted by molar-refractivity contribution is 0.0729. The maximum absolute atomic E-state index is 13.5. The highest BCUT2D eigenvalue weighted by Crippen LogP contribution is 2.31. The summed E-state index contributed by atoms with van der Waals surface area (Å²) in [4.78, 5) is 27.0. The smallest absolute Gasteiger partial charge is 0.255 e. The SMILES string of the molecule is O=C(Nc1cccc(-c2cc3c(o2)CCN(C(=O)c2cccc(F)c2)C3)c1)c1ccccc1. The number of fused-ring (bicyclic) bond motifs is 1. The number of rotatable bonds is 4. The Morgan fingerprint density at radius 2 is 1.67 bits per heavy atom. The van der Waals surface area contributed by atoms with Crippen LogP contribution in [-0.4, -0.2) is 23.3 Å². The van der Waals surface area contributed by atoms with Crippen LogP contribution < -0.4 is 5.32 Å². The maximum atomic E-state index is 13.5. The molecular weight excluding hydrogens is 419 g/mol. The Hall–Kier alpha value is -4.19. The van der Waals surface area contributed by atoms with Crippen molar-refractivity contribution >= 4 is 17.5 Å². The number of hydrogen-bond donors (Lipinski definition) is 1. The van der Waals surface area contributed by atoms with Crippen molar-refractivity contribution in [1.82, 2.24) is 4.90 Å². The Kier molecular flexibility index (Phi) is 5.48. The second-order valence-corrected chi connectivity index (χ2v) is 7.95. The molecule has 5 rings (SSSR count). The summed E-state index contributed by atoms with van der Waals surface area (Å²) in [6.45, 7) is 0.904. The molecule has 33 heavy (non-hydrogen) atoms. The van der Waals surface area contributed by atoms with E-state index in [-0.39, 0.29) is 11.8 Å². The fourth-order valence-corrected chi connectivity index (χ4v) is 4.00. The van der Waals surface area contributed by atoms with Gasteiger partial charge in [-0.05, 0) is 48.5 Å². The molecule has 2 heterocycles. The number of halogens is 1. The highest BCUT2D eigenvalue weighted by molar-refractivity contribution is 6.04. The average molecular weight is 440 g/mol. The lowest BCUT2D eigenvalue weighted by Gasteiger charge is -2.26. The number of amides is 2. The molecule has 5 nitrogen and oxygen atoms in total. The van der Waals surface area contributed by atoms with Gasteiger partial charge >= 0.3 is 0 Å². The van der Waals surface area contributed by atoms with Gasteiger partial charge in [-0.1, -0.05) is 36.4 Å². The quantitative estimate of drug-likeness (QED) is 0.453. The summed E-state index contributed by atoms with van der Waals surface area (Å²) in [5.74, 6) is 0.706. The molecule has 3 aromatic carbocycles. The minimum Gasteiger partial charge on any atom is -0.461 e. The van der Waals surface area contributed by atoms with Crippen LogP contribution in [0.4, 0.5) is 10.1 Å². The van der Waals surface area contributed by atoms with E-state index in [1.165, 1.54) is 18.2 Å². The van der Waals surface area contributed by atoms with Gasteiger partial charge in [0.1, 0.15) is 17.3 Å². The molecule has 0 saturated carbocycles. The summed E-state index contributed by atoms with van der Waals surface area (Å²) in [6, 6.07) is 24.2. The van der Waals surface area contributed by atoms with Crippen LogP contribution in [0.3, 0.4) is 0 Å². The van der Waals surface area contributed by atoms with Gasteiger partial charge in [0.05, 0.1) is 0 Å². The van der Waals surface area contributed by atoms with Gasteiger partial charge in [0, 0.05) is 47.5 Å². The predicted molar refractivity (Wildman–Crippen MR) is 123 cm³/mol. The molecule has 0 aliphatic carbocycles. The van der Waals surface area contributed by atoms with Crippen molar-refractivity contribution in [3.05, 3.63) is 113 Å². The normalized spacial score (nSPS) is 12.8. The molecular formula is C27H21FN2O3. The fraction of sp³-hybridized carbons (Fsp3) is 0.111. The first-order valence-corrected chi connectivity index (χ1v) is 10.7. The molecule has 2 amide bonds. The molecule has 0 bridgehead atoms. The van der Waals surface area contributed by atoms with Crippen molar-refractivity contribution in [2.24, 2.45) is 0 Å². The molecule has 1 aliphatic heterocycles. The molecule has 4 aromatic rings. The number of carbonyl (C=O) groups excluding carboxylic acids is 2. The molecule has 164 valence electrons. The van der Waals surface area contributed by atoms with E-state index in [0.717, 1.165) is 16.9 Å². The van der Waals surface area contributed by atoms with Gasteiger partial charge in [0.25, 0.3) is 11.8 Å². The van der Waals surface area contributed by atoms with Crippen LogP contribution in [0.25, 0.3) is 11.3 Å². The molecule has 0 atom stereocenters. The van der Waals surface area contributed by atoms with E-state index < -0.39 is 5.82 Å². The molecule has 1 N–H and O–H groups in total. The summed E-state index contributed by atoms with van der Waals surface area (Å²) in [5, 5.41) is 2.91. The second kappa shape index (κ2) is 8.74.